The van der Waals surface area contributed by atoms with E-state index >= 15 is 0 Å². The van der Waals surface area contributed by atoms with Crippen LogP contribution < -0.4 is 0 Å². The number of hydrogen-bond acceptors (Lipinski definition) is 3. The van der Waals surface area contributed by atoms with Gasteiger partial charge in [0.05, 0.1) is 0 Å². The Hall–Kier alpha value is -0.640. The Kier molecular flexibility index (Phi) is 3.57. The molecule has 4 heteroatoms. The van der Waals surface area contributed by atoms with Gasteiger partial charge < -0.3 is 0 Å². The molecule has 0 atom stereocenters. The minimum atomic E-state index is 0.0953. The topological polar surface area (TPSA) is 17.1 Å². The molecule has 1 aromatic rings. The summed E-state index contributed by atoms with van der Waals surface area (Å²) in [5, 5.41) is 2.80. The lowest BCUT2D eigenvalue weighted by Crippen LogP contribution is -1.73. The fraction of sp³-hybridized carbons (Fsp3) is 0. The second-order valence-corrected chi connectivity index (χ2v) is 5.30. The van der Waals surface area contributed by atoms with Gasteiger partial charge in [0.2, 0.25) is 5.12 Å². The van der Waals surface area contributed by atoms with Gasteiger partial charge in [0, 0.05) is 14.8 Å². The van der Waals surface area contributed by atoms with E-state index in [9.17, 15) is 4.79 Å². The molecule has 1 aliphatic heterocycles. The van der Waals surface area contributed by atoms with Crippen molar-refractivity contribution in [3.8, 4) is 0 Å². The van der Waals surface area contributed by atoms with Crippen LogP contribution >= 0.6 is 35.1 Å². The lowest BCUT2D eigenvalue weighted by atomic mass is 10.4. The second kappa shape index (κ2) is 4.92. The quantitative estimate of drug-likeness (QED) is 0.740. The lowest BCUT2D eigenvalue weighted by Gasteiger charge is -1.96. The van der Waals surface area contributed by atoms with Crippen molar-refractivity contribution in [1.82, 2.24) is 0 Å². The Morgan fingerprint density at radius 3 is 2.53 bits per heavy atom. The van der Waals surface area contributed by atoms with Gasteiger partial charge in [-0.05, 0) is 53.6 Å². The fourth-order valence-corrected chi connectivity index (χ4v) is 2.63. The molecule has 2 rings (SSSR count). The van der Waals surface area contributed by atoms with Crippen LogP contribution in [0.3, 0.4) is 0 Å². The highest BCUT2D eigenvalue weighted by Crippen LogP contribution is 2.30. The van der Waals surface area contributed by atoms with Crippen molar-refractivity contribution in [3.05, 3.63) is 51.8 Å². The Balaban J connectivity index is 2.01. The van der Waals surface area contributed by atoms with Gasteiger partial charge in [0.15, 0.2) is 0 Å². The van der Waals surface area contributed by atoms with E-state index < -0.39 is 0 Å². The maximum absolute atomic E-state index is 10.9. The first-order chi connectivity index (χ1) is 7.24. The number of thioether (sulfide) groups is 2. The van der Waals surface area contributed by atoms with Crippen LogP contribution in [0.2, 0.25) is 5.02 Å². The molecule has 0 unspecified atom stereocenters. The second-order valence-electron chi connectivity index (χ2n) is 2.85. The van der Waals surface area contributed by atoms with Crippen LogP contribution in [0.1, 0.15) is 0 Å². The molecule has 0 fully saturated rings. The molecule has 0 spiro atoms. The zero-order chi connectivity index (χ0) is 10.7. The van der Waals surface area contributed by atoms with Gasteiger partial charge >= 0.3 is 0 Å². The summed E-state index contributed by atoms with van der Waals surface area (Å²) < 4.78 is 0. The standard InChI is InChI=1S/C11H7ClOS2/c12-8-1-3-9(4-2-8)14-7-10-5-6-11(13)15-10/h1-7H/b10-7-. The number of hydrogen-bond donors (Lipinski definition) is 0. The third kappa shape index (κ3) is 3.16. The highest BCUT2D eigenvalue weighted by atomic mass is 35.5. The molecular weight excluding hydrogens is 248 g/mol. The van der Waals surface area contributed by atoms with E-state index in [1.54, 1.807) is 17.8 Å². The monoisotopic (exact) mass is 254 g/mol. The van der Waals surface area contributed by atoms with Gasteiger partial charge in [0.25, 0.3) is 0 Å². The summed E-state index contributed by atoms with van der Waals surface area (Å²) in [6.45, 7) is 0. The minimum Gasteiger partial charge on any atom is -0.282 e. The molecule has 15 heavy (non-hydrogen) atoms. The first kappa shape index (κ1) is 10.9. The van der Waals surface area contributed by atoms with Gasteiger partial charge in [-0.25, -0.2) is 0 Å². The number of carbonyl (C=O) groups is 1. The van der Waals surface area contributed by atoms with Crippen LogP contribution in [0.25, 0.3) is 0 Å². The van der Waals surface area contributed by atoms with Gasteiger partial charge in [-0.3, -0.25) is 4.79 Å². The fourth-order valence-electron chi connectivity index (χ4n) is 1.04. The van der Waals surface area contributed by atoms with Crippen molar-refractivity contribution < 1.29 is 4.79 Å². The molecule has 0 bridgehead atoms. The van der Waals surface area contributed by atoms with Crippen molar-refractivity contribution in [2.75, 3.05) is 0 Å². The van der Waals surface area contributed by atoms with Gasteiger partial charge in [0.1, 0.15) is 0 Å². The summed E-state index contributed by atoms with van der Waals surface area (Å²) in [6, 6.07) is 7.61. The van der Waals surface area contributed by atoms with Crippen LogP contribution in [0.15, 0.2) is 51.6 Å². The number of carbonyl (C=O) groups excluding carboxylic acids is 1. The molecule has 76 valence electrons. The Morgan fingerprint density at radius 2 is 1.93 bits per heavy atom. The lowest BCUT2D eigenvalue weighted by molar-refractivity contribution is -0.106. The maximum Gasteiger partial charge on any atom is 0.216 e. The van der Waals surface area contributed by atoms with Crippen LogP contribution in [0, 0.1) is 0 Å². The summed E-state index contributed by atoms with van der Waals surface area (Å²) in [5.41, 5.74) is 0. The molecule has 1 heterocycles. The molecular formula is C11H7ClOS2. The van der Waals surface area contributed by atoms with E-state index in [0.29, 0.717) is 0 Å². The average Bonchev–Trinajstić information content (AvgIpc) is 2.64. The van der Waals surface area contributed by atoms with E-state index in [0.717, 1.165) is 14.8 Å². The van der Waals surface area contributed by atoms with E-state index in [1.165, 1.54) is 11.8 Å². The first-order valence-electron chi connectivity index (χ1n) is 4.26. The van der Waals surface area contributed by atoms with Crippen molar-refractivity contribution in [2.24, 2.45) is 0 Å². The van der Waals surface area contributed by atoms with E-state index in [1.807, 2.05) is 35.7 Å². The molecule has 0 aromatic heterocycles. The summed E-state index contributed by atoms with van der Waals surface area (Å²) in [5.74, 6) is 0. The largest absolute Gasteiger partial charge is 0.282 e. The van der Waals surface area contributed by atoms with Crippen molar-refractivity contribution >= 4 is 40.2 Å². The smallest absolute Gasteiger partial charge is 0.216 e. The molecule has 0 saturated heterocycles. The van der Waals surface area contributed by atoms with Crippen molar-refractivity contribution in [3.63, 3.8) is 0 Å². The average molecular weight is 255 g/mol. The van der Waals surface area contributed by atoms with E-state index in [2.05, 4.69) is 0 Å². The van der Waals surface area contributed by atoms with Gasteiger partial charge in [-0.15, -0.1) is 0 Å². The zero-order valence-electron chi connectivity index (χ0n) is 7.64. The molecule has 1 aliphatic rings. The Labute approximate surface area is 102 Å². The first-order valence-corrected chi connectivity index (χ1v) is 6.34. The Morgan fingerprint density at radius 1 is 1.20 bits per heavy atom. The molecule has 0 N–H and O–H groups in total. The third-order valence-electron chi connectivity index (χ3n) is 1.73. The summed E-state index contributed by atoms with van der Waals surface area (Å²) in [4.78, 5) is 13.0. The third-order valence-corrected chi connectivity index (χ3v) is 3.87. The van der Waals surface area contributed by atoms with Crippen LogP contribution in [0.5, 0.6) is 0 Å². The molecule has 1 nitrogen and oxygen atoms in total. The minimum absolute atomic E-state index is 0.0953. The zero-order valence-corrected chi connectivity index (χ0v) is 10.0. The van der Waals surface area contributed by atoms with E-state index in [4.69, 9.17) is 11.6 Å². The van der Waals surface area contributed by atoms with Gasteiger partial charge in [-0.1, -0.05) is 23.4 Å². The predicted molar refractivity (Wildman–Crippen MR) is 67.1 cm³/mol. The molecule has 0 amide bonds. The van der Waals surface area contributed by atoms with Crippen LogP contribution in [-0.2, 0) is 4.79 Å². The van der Waals surface area contributed by atoms with Crippen molar-refractivity contribution in [2.45, 2.75) is 4.90 Å². The summed E-state index contributed by atoms with van der Waals surface area (Å²) in [7, 11) is 0. The number of benzene rings is 1. The van der Waals surface area contributed by atoms with Crippen molar-refractivity contribution in [1.29, 1.82) is 0 Å². The van der Waals surface area contributed by atoms with E-state index in [-0.39, 0.29) is 5.12 Å². The van der Waals surface area contributed by atoms with Gasteiger partial charge in [-0.2, -0.15) is 0 Å². The van der Waals surface area contributed by atoms with Crippen LogP contribution in [0.4, 0.5) is 0 Å². The number of rotatable bonds is 2. The maximum atomic E-state index is 10.9. The molecule has 0 saturated carbocycles. The number of allylic oxidation sites excluding steroid dienone is 1. The normalized spacial score (nSPS) is 17.7. The SMILES string of the molecule is O=C1C=C/C(=C/Sc2ccc(Cl)cc2)S1. The van der Waals surface area contributed by atoms with Crippen LogP contribution in [-0.4, -0.2) is 5.12 Å². The Bertz CT molecular complexity index is 434. The molecule has 1 aromatic carbocycles. The highest BCUT2D eigenvalue weighted by molar-refractivity contribution is 8.18. The summed E-state index contributed by atoms with van der Waals surface area (Å²) in [6.07, 6.45) is 3.41. The highest BCUT2D eigenvalue weighted by Gasteiger charge is 2.08. The molecule has 0 aliphatic carbocycles. The summed E-state index contributed by atoms with van der Waals surface area (Å²) >= 11 is 8.61. The number of halogens is 1. The predicted octanol–water partition coefficient (Wildman–Crippen LogP) is 4.10. The molecule has 0 radical (unpaired) electrons.